The Hall–Kier alpha value is -2.36. The molecule has 4 nitrogen and oxygen atoms in total. The van der Waals surface area contributed by atoms with E-state index in [1.807, 2.05) is 42.5 Å². The topological polar surface area (TPSA) is 36.9 Å². The van der Waals surface area contributed by atoms with Gasteiger partial charge in [-0.15, -0.1) is 0 Å². The van der Waals surface area contributed by atoms with Crippen molar-refractivity contribution in [2.24, 2.45) is 0 Å². The number of ether oxygens (including phenoxy) is 4. The van der Waals surface area contributed by atoms with Crippen molar-refractivity contribution >= 4 is 0 Å². The van der Waals surface area contributed by atoms with Crippen LogP contribution < -0.4 is 18.9 Å². The van der Waals surface area contributed by atoms with Gasteiger partial charge in [-0.3, -0.25) is 0 Å². The highest BCUT2D eigenvalue weighted by atomic mass is 16.7. The molecular formula is C14H12O4. The highest BCUT2D eigenvalue weighted by Gasteiger charge is 2.13. The number of hydrogen-bond donors (Lipinski definition) is 0. The van der Waals surface area contributed by atoms with Crippen LogP contribution in [0.5, 0.6) is 28.7 Å². The average Bonchev–Trinajstić information content (AvgIpc) is 2.87. The first-order valence-corrected chi connectivity index (χ1v) is 5.57. The molecule has 0 spiro atoms. The highest BCUT2D eigenvalue weighted by molar-refractivity contribution is 5.48. The lowest BCUT2D eigenvalue weighted by atomic mass is 10.3. The summed E-state index contributed by atoms with van der Waals surface area (Å²) in [5, 5.41) is 0. The average molecular weight is 244 g/mol. The second-order valence-electron chi connectivity index (χ2n) is 3.79. The van der Waals surface area contributed by atoms with Crippen molar-refractivity contribution in [2.45, 2.75) is 0 Å². The molecule has 0 amide bonds. The summed E-state index contributed by atoms with van der Waals surface area (Å²) in [5.74, 6) is 3.71. The predicted molar refractivity (Wildman–Crippen MR) is 65.6 cm³/mol. The van der Waals surface area contributed by atoms with Crippen LogP contribution in [0.4, 0.5) is 0 Å². The van der Waals surface area contributed by atoms with Crippen LogP contribution in [0.15, 0.2) is 42.5 Å². The lowest BCUT2D eigenvalue weighted by Gasteiger charge is -2.07. The standard InChI is InChI=1S/C14H12O4/c1-15-10-2-4-11(5-3-10)18-12-6-7-13-14(8-12)17-9-16-13/h2-8H,9H2,1H3. The van der Waals surface area contributed by atoms with Crippen LogP contribution in [-0.2, 0) is 0 Å². The Balaban J connectivity index is 1.79. The van der Waals surface area contributed by atoms with E-state index in [2.05, 4.69) is 0 Å². The van der Waals surface area contributed by atoms with E-state index in [1.54, 1.807) is 7.11 Å². The van der Waals surface area contributed by atoms with Gasteiger partial charge in [-0.05, 0) is 36.4 Å². The second-order valence-corrected chi connectivity index (χ2v) is 3.79. The zero-order valence-electron chi connectivity index (χ0n) is 9.88. The molecule has 0 atom stereocenters. The minimum Gasteiger partial charge on any atom is -0.497 e. The molecule has 0 fully saturated rings. The van der Waals surface area contributed by atoms with E-state index in [-0.39, 0.29) is 6.79 Å². The quantitative estimate of drug-likeness (QED) is 0.830. The molecule has 0 N–H and O–H groups in total. The van der Waals surface area contributed by atoms with Crippen LogP contribution in [0.2, 0.25) is 0 Å². The summed E-state index contributed by atoms with van der Waals surface area (Å²) in [7, 11) is 1.63. The van der Waals surface area contributed by atoms with E-state index in [1.165, 1.54) is 0 Å². The van der Waals surface area contributed by atoms with Crippen molar-refractivity contribution in [3.63, 3.8) is 0 Å². The van der Waals surface area contributed by atoms with Gasteiger partial charge in [0.05, 0.1) is 7.11 Å². The molecule has 92 valence electrons. The molecule has 1 aliphatic heterocycles. The van der Waals surface area contributed by atoms with Gasteiger partial charge in [0.2, 0.25) is 6.79 Å². The van der Waals surface area contributed by atoms with Gasteiger partial charge in [-0.2, -0.15) is 0 Å². The summed E-state index contributed by atoms with van der Waals surface area (Å²) >= 11 is 0. The molecule has 3 rings (SSSR count). The van der Waals surface area contributed by atoms with Gasteiger partial charge in [0, 0.05) is 6.07 Å². The van der Waals surface area contributed by atoms with Crippen LogP contribution in [0, 0.1) is 0 Å². The summed E-state index contributed by atoms with van der Waals surface area (Å²) < 4.78 is 21.3. The molecular weight excluding hydrogens is 232 g/mol. The predicted octanol–water partition coefficient (Wildman–Crippen LogP) is 3.22. The molecule has 0 bridgehead atoms. The summed E-state index contributed by atoms with van der Waals surface area (Å²) in [6.07, 6.45) is 0. The molecule has 4 heteroatoms. The zero-order chi connectivity index (χ0) is 12.4. The first-order chi connectivity index (χ1) is 8.85. The smallest absolute Gasteiger partial charge is 0.231 e. The largest absolute Gasteiger partial charge is 0.497 e. The lowest BCUT2D eigenvalue weighted by molar-refractivity contribution is 0.174. The molecule has 2 aromatic carbocycles. The maximum atomic E-state index is 5.71. The van der Waals surface area contributed by atoms with Crippen molar-refractivity contribution in [1.29, 1.82) is 0 Å². The minimum atomic E-state index is 0.265. The van der Waals surface area contributed by atoms with E-state index in [0.29, 0.717) is 11.5 Å². The fourth-order valence-electron chi connectivity index (χ4n) is 1.72. The fourth-order valence-corrected chi connectivity index (χ4v) is 1.72. The molecule has 0 radical (unpaired) electrons. The van der Waals surface area contributed by atoms with Gasteiger partial charge in [-0.1, -0.05) is 0 Å². The summed E-state index contributed by atoms with van der Waals surface area (Å²) in [4.78, 5) is 0. The Labute approximate surface area is 105 Å². The second kappa shape index (κ2) is 4.49. The Kier molecular flexibility index (Phi) is 2.68. The van der Waals surface area contributed by atoms with Gasteiger partial charge >= 0.3 is 0 Å². The number of fused-ring (bicyclic) bond motifs is 1. The first-order valence-electron chi connectivity index (χ1n) is 5.57. The molecule has 1 heterocycles. The monoisotopic (exact) mass is 244 g/mol. The maximum Gasteiger partial charge on any atom is 0.231 e. The highest BCUT2D eigenvalue weighted by Crippen LogP contribution is 2.36. The van der Waals surface area contributed by atoms with Gasteiger partial charge in [-0.25, -0.2) is 0 Å². The lowest BCUT2D eigenvalue weighted by Crippen LogP contribution is -1.92. The molecule has 0 saturated heterocycles. The van der Waals surface area contributed by atoms with Crippen molar-refractivity contribution in [3.8, 4) is 28.7 Å². The Bertz CT molecular complexity index is 548. The van der Waals surface area contributed by atoms with Gasteiger partial charge in [0.25, 0.3) is 0 Å². The minimum absolute atomic E-state index is 0.265. The summed E-state index contributed by atoms with van der Waals surface area (Å²) in [6.45, 7) is 0.265. The molecule has 0 aliphatic carbocycles. The number of hydrogen-bond acceptors (Lipinski definition) is 4. The van der Waals surface area contributed by atoms with E-state index in [4.69, 9.17) is 18.9 Å². The van der Waals surface area contributed by atoms with Crippen LogP contribution >= 0.6 is 0 Å². The van der Waals surface area contributed by atoms with Crippen LogP contribution in [-0.4, -0.2) is 13.9 Å². The van der Waals surface area contributed by atoms with Crippen molar-refractivity contribution in [3.05, 3.63) is 42.5 Å². The van der Waals surface area contributed by atoms with Crippen molar-refractivity contribution in [1.82, 2.24) is 0 Å². The Morgan fingerprint density at radius 1 is 0.833 bits per heavy atom. The molecule has 1 aliphatic rings. The molecule has 0 unspecified atom stereocenters. The Morgan fingerprint density at radius 3 is 2.28 bits per heavy atom. The molecule has 0 saturated carbocycles. The first kappa shape index (κ1) is 10.8. The van der Waals surface area contributed by atoms with Gasteiger partial charge in [0.1, 0.15) is 17.2 Å². The number of methoxy groups -OCH3 is 1. The zero-order valence-corrected chi connectivity index (χ0v) is 9.88. The Morgan fingerprint density at radius 2 is 1.50 bits per heavy atom. The summed E-state index contributed by atoms with van der Waals surface area (Å²) in [6, 6.07) is 12.9. The van der Waals surface area contributed by atoms with Gasteiger partial charge in [0.15, 0.2) is 11.5 Å². The van der Waals surface area contributed by atoms with Crippen LogP contribution in [0.1, 0.15) is 0 Å². The van der Waals surface area contributed by atoms with E-state index in [0.717, 1.165) is 17.2 Å². The van der Waals surface area contributed by atoms with E-state index < -0.39 is 0 Å². The van der Waals surface area contributed by atoms with Crippen LogP contribution in [0.3, 0.4) is 0 Å². The third-order valence-corrected chi connectivity index (χ3v) is 2.64. The third-order valence-electron chi connectivity index (χ3n) is 2.64. The van der Waals surface area contributed by atoms with E-state index in [9.17, 15) is 0 Å². The van der Waals surface area contributed by atoms with Crippen LogP contribution in [0.25, 0.3) is 0 Å². The molecule has 18 heavy (non-hydrogen) atoms. The fraction of sp³-hybridized carbons (Fsp3) is 0.143. The summed E-state index contributed by atoms with van der Waals surface area (Å²) in [5.41, 5.74) is 0. The SMILES string of the molecule is COc1ccc(Oc2ccc3c(c2)OCO3)cc1. The normalized spacial score (nSPS) is 12.3. The number of rotatable bonds is 3. The van der Waals surface area contributed by atoms with Crippen molar-refractivity contribution in [2.75, 3.05) is 13.9 Å². The molecule has 0 aromatic heterocycles. The molecule has 2 aromatic rings. The van der Waals surface area contributed by atoms with E-state index >= 15 is 0 Å². The third kappa shape index (κ3) is 2.05. The number of benzene rings is 2. The van der Waals surface area contributed by atoms with Gasteiger partial charge < -0.3 is 18.9 Å². The van der Waals surface area contributed by atoms with Crippen molar-refractivity contribution < 1.29 is 18.9 Å². The maximum absolute atomic E-state index is 5.71.